The van der Waals surface area contributed by atoms with Gasteiger partial charge in [0.25, 0.3) is 0 Å². The second-order valence-electron chi connectivity index (χ2n) is 10.1. The van der Waals surface area contributed by atoms with Crippen molar-refractivity contribution in [3.8, 4) is 33.6 Å². The number of carbonyl (C=O) groups is 1. The molecule has 6 aromatic rings. The summed E-state index contributed by atoms with van der Waals surface area (Å²) in [7, 11) is 0. The van der Waals surface area contributed by atoms with Gasteiger partial charge in [-0.2, -0.15) is 5.10 Å². The van der Waals surface area contributed by atoms with Crippen LogP contribution < -0.4 is 5.32 Å². The number of fused-ring (bicyclic) bond motifs is 2. The first-order chi connectivity index (χ1) is 18.4. The van der Waals surface area contributed by atoms with Gasteiger partial charge in [0.2, 0.25) is 5.91 Å². The Balaban J connectivity index is 1.38. The summed E-state index contributed by atoms with van der Waals surface area (Å²) in [6.45, 7) is 6.15. The van der Waals surface area contributed by atoms with Crippen LogP contribution >= 0.6 is 0 Å². The van der Waals surface area contributed by atoms with Crippen molar-refractivity contribution in [3.05, 3.63) is 84.8 Å². The highest BCUT2D eigenvalue weighted by atomic mass is 16.1. The van der Waals surface area contributed by atoms with Crippen LogP contribution in [0, 0.1) is 12.8 Å². The number of amides is 1. The third-order valence-electron chi connectivity index (χ3n) is 6.62. The number of hydrogen-bond acceptors (Lipinski definition) is 4. The normalized spacial score (nSPS) is 11.5. The number of anilines is 1. The number of aromatic nitrogens is 5. The predicted molar refractivity (Wildman–Crippen MR) is 153 cm³/mol. The maximum atomic E-state index is 12.3. The van der Waals surface area contributed by atoms with Crippen LogP contribution in [0.1, 0.15) is 25.8 Å². The van der Waals surface area contributed by atoms with Crippen molar-refractivity contribution >= 4 is 33.5 Å². The third kappa shape index (κ3) is 4.54. The van der Waals surface area contributed by atoms with Gasteiger partial charge in [0, 0.05) is 46.2 Å². The molecule has 0 aliphatic rings. The van der Waals surface area contributed by atoms with E-state index in [-0.39, 0.29) is 11.8 Å². The van der Waals surface area contributed by atoms with E-state index in [1.54, 1.807) is 18.6 Å². The van der Waals surface area contributed by atoms with Gasteiger partial charge in [-0.1, -0.05) is 55.8 Å². The van der Waals surface area contributed by atoms with Crippen molar-refractivity contribution in [2.45, 2.75) is 27.2 Å². The molecule has 7 heteroatoms. The number of nitrogens with zero attached hydrogens (tertiary/aromatic N) is 3. The van der Waals surface area contributed by atoms with Gasteiger partial charge in [0.15, 0.2) is 5.65 Å². The van der Waals surface area contributed by atoms with Gasteiger partial charge in [-0.25, -0.2) is 4.98 Å². The van der Waals surface area contributed by atoms with E-state index >= 15 is 0 Å². The lowest BCUT2D eigenvalue weighted by molar-refractivity contribution is -0.116. The third-order valence-corrected chi connectivity index (χ3v) is 6.62. The molecular formula is C31H28N6O. The quantitative estimate of drug-likeness (QED) is 0.226. The van der Waals surface area contributed by atoms with Gasteiger partial charge in [0.05, 0.1) is 23.3 Å². The molecule has 0 unspecified atom stereocenters. The Labute approximate surface area is 220 Å². The summed E-state index contributed by atoms with van der Waals surface area (Å²) < 4.78 is 0. The monoisotopic (exact) mass is 500 g/mol. The zero-order valence-electron chi connectivity index (χ0n) is 21.5. The van der Waals surface area contributed by atoms with E-state index < -0.39 is 0 Å². The number of carbonyl (C=O) groups excluding carboxylic acids is 1. The molecule has 0 bridgehead atoms. The summed E-state index contributed by atoms with van der Waals surface area (Å²) in [4.78, 5) is 24.7. The molecule has 188 valence electrons. The van der Waals surface area contributed by atoms with E-state index in [9.17, 15) is 4.79 Å². The van der Waals surface area contributed by atoms with Crippen LogP contribution in [-0.4, -0.2) is 31.1 Å². The number of aromatic amines is 2. The fourth-order valence-electron chi connectivity index (χ4n) is 4.87. The molecule has 0 radical (unpaired) electrons. The van der Waals surface area contributed by atoms with Crippen LogP contribution in [-0.2, 0) is 4.79 Å². The maximum absolute atomic E-state index is 12.3. The molecule has 6 rings (SSSR count). The largest absolute Gasteiger partial charge is 0.353 e. The van der Waals surface area contributed by atoms with Gasteiger partial charge >= 0.3 is 0 Å². The van der Waals surface area contributed by atoms with Gasteiger partial charge < -0.3 is 10.3 Å². The van der Waals surface area contributed by atoms with Crippen LogP contribution in [0.5, 0.6) is 0 Å². The number of H-pyrrole nitrogens is 2. The molecule has 0 spiro atoms. The fourth-order valence-corrected chi connectivity index (χ4v) is 4.87. The lowest BCUT2D eigenvalue weighted by atomic mass is 10.00. The maximum Gasteiger partial charge on any atom is 0.224 e. The standard InChI is InChI=1S/C31H28N6O/c1-18(2)10-29(38)34-23-12-21(15-32-17-23)22-13-26-30(36-37-31(26)33-16-22)28-14-25-24(8-5-9-27(25)35-28)20-7-4-6-19(3)11-20/h4-9,11-18,35H,10H2,1-3H3,(H,34,38)(H,33,36,37). The van der Waals surface area contributed by atoms with E-state index in [4.69, 9.17) is 0 Å². The molecule has 2 aromatic carbocycles. The lowest BCUT2D eigenvalue weighted by Crippen LogP contribution is -2.13. The summed E-state index contributed by atoms with van der Waals surface area (Å²) in [5.41, 5.74) is 9.52. The van der Waals surface area contributed by atoms with Gasteiger partial charge in [-0.3, -0.25) is 14.9 Å². The number of nitrogens with one attached hydrogen (secondary N) is 3. The van der Waals surface area contributed by atoms with Crippen LogP contribution in [0.2, 0.25) is 0 Å². The highest BCUT2D eigenvalue weighted by Gasteiger charge is 2.15. The summed E-state index contributed by atoms with van der Waals surface area (Å²) in [5.74, 6) is 0.267. The molecule has 4 heterocycles. The smallest absolute Gasteiger partial charge is 0.224 e. The molecule has 3 N–H and O–H groups in total. The molecule has 0 fully saturated rings. The minimum absolute atomic E-state index is 0.0199. The molecule has 38 heavy (non-hydrogen) atoms. The summed E-state index contributed by atoms with van der Waals surface area (Å²) in [5, 5.41) is 12.6. The van der Waals surface area contributed by atoms with E-state index in [0.29, 0.717) is 17.8 Å². The van der Waals surface area contributed by atoms with Gasteiger partial charge in [-0.05, 0) is 48.2 Å². The SMILES string of the molecule is Cc1cccc(-c2cccc3[nH]c(-c4[nH]nc5ncc(-c6cncc(NC(=O)CC(C)C)c6)cc45)cc23)c1. The Bertz CT molecular complexity index is 1800. The molecule has 0 aliphatic heterocycles. The summed E-state index contributed by atoms with van der Waals surface area (Å²) >= 11 is 0. The second kappa shape index (κ2) is 9.59. The Morgan fingerprint density at radius 3 is 2.61 bits per heavy atom. The molecule has 4 aromatic heterocycles. The van der Waals surface area contributed by atoms with Gasteiger partial charge in [0.1, 0.15) is 0 Å². The summed E-state index contributed by atoms with van der Waals surface area (Å²) in [6.07, 6.45) is 5.68. The van der Waals surface area contributed by atoms with Crippen molar-refractivity contribution in [3.63, 3.8) is 0 Å². The topological polar surface area (TPSA) is 99.3 Å². The lowest BCUT2D eigenvalue weighted by Gasteiger charge is -2.08. The highest BCUT2D eigenvalue weighted by molar-refractivity contribution is 6.01. The number of rotatable bonds is 6. The highest BCUT2D eigenvalue weighted by Crippen LogP contribution is 2.35. The first kappa shape index (κ1) is 23.6. The van der Waals surface area contributed by atoms with Crippen LogP contribution in [0.3, 0.4) is 0 Å². The van der Waals surface area contributed by atoms with Crippen LogP contribution in [0.15, 0.2) is 79.3 Å². The van der Waals surface area contributed by atoms with E-state index in [1.165, 1.54) is 16.7 Å². The van der Waals surface area contributed by atoms with Crippen LogP contribution in [0.25, 0.3) is 55.6 Å². The minimum atomic E-state index is -0.0199. The minimum Gasteiger partial charge on any atom is -0.353 e. The average molecular weight is 501 g/mol. The number of hydrogen-bond donors (Lipinski definition) is 3. The second-order valence-corrected chi connectivity index (χ2v) is 10.1. The fraction of sp³-hybridized carbons (Fsp3) is 0.161. The van der Waals surface area contributed by atoms with Crippen molar-refractivity contribution < 1.29 is 4.79 Å². The number of benzene rings is 2. The first-order valence-electron chi connectivity index (χ1n) is 12.7. The zero-order chi connectivity index (χ0) is 26.2. The van der Waals surface area contributed by atoms with E-state index in [1.807, 2.05) is 19.9 Å². The average Bonchev–Trinajstić information content (AvgIpc) is 3.52. The van der Waals surface area contributed by atoms with Crippen LogP contribution in [0.4, 0.5) is 5.69 Å². The zero-order valence-corrected chi connectivity index (χ0v) is 21.5. The molecule has 0 aliphatic carbocycles. The summed E-state index contributed by atoms with van der Waals surface area (Å²) in [6, 6.07) is 21.0. The molecule has 1 amide bonds. The Morgan fingerprint density at radius 1 is 0.921 bits per heavy atom. The number of aryl methyl sites for hydroxylation is 1. The predicted octanol–water partition coefficient (Wildman–Crippen LogP) is 7.13. The Kier molecular flexibility index (Phi) is 5.96. The Hall–Kier alpha value is -4.78. The van der Waals surface area contributed by atoms with E-state index in [0.717, 1.165) is 38.8 Å². The molecular weight excluding hydrogens is 472 g/mol. The molecule has 7 nitrogen and oxygen atoms in total. The van der Waals surface area contributed by atoms with Crippen molar-refractivity contribution in [2.24, 2.45) is 5.92 Å². The number of pyridine rings is 2. The van der Waals surface area contributed by atoms with Crippen molar-refractivity contribution in [1.82, 2.24) is 25.1 Å². The van der Waals surface area contributed by atoms with E-state index in [2.05, 4.69) is 92.0 Å². The molecule has 0 saturated heterocycles. The first-order valence-corrected chi connectivity index (χ1v) is 12.7. The molecule has 0 atom stereocenters. The van der Waals surface area contributed by atoms with Crippen molar-refractivity contribution in [2.75, 3.05) is 5.32 Å². The van der Waals surface area contributed by atoms with Crippen molar-refractivity contribution in [1.29, 1.82) is 0 Å². The molecule has 0 saturated carbocycles. The Morgan fingerprint density at radius 2 is 1.76 bits per heavy atom. The van der Waals surface area contributed by atoms with Gasteiger partial charge in [-0.15, -0.1) is 0 Å².